The molecule has 1 fully saturated rings. The Hall–Kier alpha value is -3.85. The van der Waals surface area contributed by atoms with Crippen LogP contribution in [0.2, 0.25) is 0 Å². The highest BCUT2D eigenvalue weighted by atomic mass is 19.1. The van der Waals surface area contributed by atoms with E-state index in [1.54, 1.807) is 18.3 Å². The van der Waals surface area contributed by atoms with Crippen molar-refractivity contribution in [1.29, 1.82) is 5.26 Å². The largest absolute Gasteiger partial charge is 0.388 e. The number of nitrogens with one attached hydrogen (secondary N) is 1. The number of halogens is 1. The number of rotatable bonds is 3. The Morgan fingerprint density at radius 3 is 2.94 bits per heavy atom. The number of nitriles is 1. The lowest BCUT2D eigenvalue weighted by Gasteiger charge is -2.20. The molecular weight excluding hydrogens is 443 g/mol. The van der Waals surface area contributed by atoms with E-state index >= 15 is 0 Å². The molecule has 1 saturated heterocycles. The van der Waals surface area contributed by atoms with Crippen LogP contribution < -0.4 is 10.2 Å². The maximum Gasteiger partial charge on any atom is 0.255 e. The number of carbonyl (C=O) groups excluding carboxylic acids is 1. The van der Waals surface area contributed by atoms with Crippen molar-refractivity contribution in [3.8, 4) is 23.0 Å². The third kappa shape index (κ3) is 4.10. The first-order valence-corrected chi connectivity index (χ1v) is 10.7. The molecule has 4 heterocycles. The maximum absolute atomic E-state index is 14.7. The molecule has 2 aromatic heterocycles. The van der Waals surface area contributed by atoms with Crippen LogP contribution in [0.25, 0.3) is 16.9 Å². The molecule has 1 amide bonds. The SMILES string of the molecule is N#Cc1cccc(F)c1-c1cc(-n2ccc(N3CCOC[C@@H](O)COC3)n2)c2c(n1)CNC2=O. The highest BCUT2D eigenvalue weighted by molar-refractivity contribution is 6.01. The maximum atomic E-state index is 14.7. The molecule has 0 radical (unpaired) electrons. The summed E-state index contributed by atoms with van der Waals surface area (Å²) < 4.78 is 27.3. The van der Waals surface area contributed by atoms with Gasteiger partial charge in [-0.25, -0.2) is 14.1 Å². The lowest BCUT2D eigenvalue weighted by molar-refractivity contribution is -0.00515. The van der Waals surface area contributed by atoms with Crippen LogP contribution in [0.1, 0.15) is 21.6 Å². The van der Waals surface area contributed by atoms with Gasteiger partial charge in [0, 0.05) is 18.8 Å². The van der Waals surface area contributed by atoms with E-state index in [2.05, 4.69) is 15.4 Å². The number of ether oxygens (including phenoxy) is 2. The predicted molar refractivity (Wildman–Crippen MR) is 118 cm³/mol. The monoisotopic (exact) mass is 464 g/mol. The fourth-order valence-electron chi connectivity index (χ4n) is 4.00. The Morgan fingerprint density at radius 1 is 1.24 bits per heavy atom. The molecule has 5 rings (SSSR count). The number of pyridine rings is 1. The highest BCUT2D eigenvalue weighted by Crippen LogP contribution is 2.31. The summed E-state index contributed by atoms with van der Waals surface area (Å²) >= 11 is 0. The Morgan fingerprint density at radius 2 is 2.09 bits per heavy atom. The molecule has 1 aromatic carbocycles. The van der Waals surface area contributed by atoms with Gasteiger partial charge in [0.15, 0.2) is 5.82 Å². The van der Waals surface area contributed by atoms with Crippen molar-refractivity contribution in [2.24, 2.45) is 0 Å². The summed E-state index contributed by atoms with van der Waals surface area (Å²) in [6.45, 7) is 1.61. The third-order valence-electron chi connectivity index (χ3n) is 5.63. The van der Waals surface area contributed by atoms with Crippen LogP contribution in [0.4, 0.5) is 10.2 Å². The van der Waals surface area contributed by atoms with Crippen molar-refractivity contribution in [3.05, 3.63) is 59.2 Å². The molecule has 2 aliphatic heterocycles. The Kier molecular flexibility index (Phi) is 5.93. The number of aliphatic hydroxyl groups is 1. The Balaban J connectivity index is 1.56. The predicted octanol–water partition coefficient (Wildman–Crippen LogP) is 1.36. The van der Waals surface area contributed by atoms with Gasteiger partial charge >= 0.3 is 0 Å². The second-order valence-electron chi connectivity index (χ2n) is 7.92. The number of benzene rings is 1. The van der Waals surface area contributed by atoms with Gasteiger partial charge in [-0.1, -0.05) is 6.07 Å². The number of anilines is 1. The molecule has 1 atom stereocenters. The summed E-state index contributed by atoms with van der Waals surface area (Å²) in [5.74, 6) is -0.301. The molecule has 2 N–H and O–H groups in total. The summed E-state index contributed by atoms with van der Waals surface area (Å²) in [5.41, 5.74) is 1.68. The normalized spacial score (nSPS) is 18.4. The minimum Gasteiger partial charge on any atom is -0.388 e. The first-order valence-electron chi connectivity index (χ1n) is 10.7. The molecule has 174 valence electrons. The molecule has 10 nitrogen and oxygen atoms in total. The number of amides is 1. The standard InChI is InChI=1S/C23H21FN6O4/c24-16-3-1-2-14(9-25)21(16)17-8-19(22-18(27-17)10-26-23(22)32)30-5-4-20(28-30)29-6-7-33-11-15(31)12-34-13-29/h1-5,8,15,31H,6-7,10-13H2,(H,26,32)/t15-/m1/s1. The average molecular weight is 464 g/mol. The number of aromatic nitrogens is 3. The smallest absolute Gasteiger partial charge is 0.255 e. The molecule has 34 heavy (non-hydrogen) atoms. The third-order valence-corrected chi connectivity index (χ3v) is 5.63. The minimum absolute atomic E-state index is 0.0740. The number of fused-ring (bicyclic) bond motifs is 1. The van der Waals surface area contributed by atoms with Gasteiger partial charge < -0.3 is 24.8 Å². The van der Waals surface area contributed by atoms with E-state index < -0.39 is 11.9 Å². The van der Waals surface area contributed by atoms with Gasteiger partial charge in [0.2, 0.25) is 0 Å². The molecular formula is C23H21FN6O4. The van der Waals surface area contributed by atoms with Gasteiger partial charge in [-0.3, -0.25) is 4.79 Å². The average Bonchev–Trinajstić information content (AvgIpc) is 3.48. The molecule has 11 heteroatoms. The Bertz CT molecular complexity index is 1290. The fraction of sp³-hybridized carbons (Fsp3) is 0.304. The van der Waals surface area contributed by atoms with Crippen LogP contribution in [-0.4, -0.2) is 65.0 Å². The summed E-state index contributed by atoms with van der Waals surface area (Å²) in [6, 6.07) is 9.58. The lowest BCUT2D eigenvalue weighted by Crippen LogP contribution is -2.30. The topological polar surface area (TPSA) is 126 Å². The zero-order chi connectivity index (χ0) is 23.7. The van der Waals surface area contributed by atoms with Crippen LogP contribution in [0.15, 0.2) is 36.5 Å². The van der Waals surface area contributed by atoms with Crippen molar-refractivity contribution in [2.45, 2.75) is 12.6 Å². The van der Waals surface area contributed by atoms with Gasteiger partial charge in [-0.05, 0) is 18.2 Å². The second-order valence-corrected chi connectivity index (χ2v) is 7.92. The van der Waals surface area contributed by atoms with Crippen LogP contribution in [-0.2, 0) is 16.0 Å². The minimum atomic E-state index is -0.689. The first kappa shape index (κ1) is 22.0. The molecule has 2 aliphatic rings. The second kappa shape index (κ2) is 9.18. The zero-order valence-electron chi connectivity index (χ0n) is 18.1. The van der Waals surface area contributed by atoms with Crippen molar-refractivity contribution < 1.29 is 23.8 Å². The van der Waals surface area contributed by atoms with E-state index in [0.29, 0.717) is 35.9 Å². The summed E-state index contributed by atoms with van der Waals surface area (Å²) in [4.78, 5) is 18.9. The van der Waals surface area contributed by atoms with E-state index in [1.165, 1.54) is 22.9 Å². The van der Waals surface area contributed by atoms with Gasteiger partial charge in [0.05, 0.1) is 66.2 Å². The van der Waals surface area contributed by atoms with Gasteiger partial charge in [-0.15, -0.1) is 0 Å². The van der Waals surface area contributed by atoms with E-state index in [0.717, 1.165) is 0 Å². The van der Waals surface area contributed by atoms with Crippen LogP contribution in [0.3, 0.4) is 0 Å². The van der Waals surface area contributed by atoms with Crippen molar-refractivity contribution in [3.63, 3.8) is 0 Å². The van der Waals surface area contributed by atoms with Gasteiger partial charge in [-0.2, -0.15) is 10.4 Å². The zero-order valence-corrected chi connectivity index (χ0v) is 18.1. The van der Waals surface area contributed by atoms with Crippen LogP contribution in [0.5, 0.6) is 0 Å². The van der Waals surface area contributed by atoms with Crippen molar-refractivity contribution in [1.82, 2.24) is 20.1 Å². The van der Waals surface area contributed by atoms with Crippen molar-refractivity contribution in [2.75, 3.05) is 38.0 Å². The Labute approximate surface area is 194 Å². The first-order chi connectivity index (χ1) is 16.5. The van der Waals surface area contributed by atoms with Gasteiger partial charge in [0.25, 0.3) is 5.91 Å². The number of aliphatic hydroxyl groups excluding tert-OH is 1. The number of nitrogens with zero attached hydrogens (tertiary/aromatic N) is 5. The highest BCUT2D eigenvalue weighted by Gasteiger charge is 2.28. The van der Waals surface area contributed by atoms with Gasteiger partial charge in [0.1, 0.15) is 18.7 Å². The molecule has 0 aliphatic carbocycles. The van der Waals surface area contributed by atoms with Crippen molar-refractivity contribution >= 4 is 11.7 Å². The van der Waals surface area contributed by atoms with E-state index in [1.807, 2.05) is 11.0 Å². The summed E-state index contributed by atoms with van der Waals surface area (Å²) in [5, 5.41) is 26.6. The van der Waals surface area contributed by atoms with E-state index in [9.17, 15) is 19.6 Å². The molecule has 0 unspecified atom stereocenters. The molecule has 0 bridgehead atoms. The number of hydrogen-bond acceptors (Lipinski definition) is 8. The number of hydrogen-bond donors (Lipinski definition) is 2. The van der Waals surface area contributed by atoms with Crippen LogP contribution in [0, 0.1) is 17.1 Å². The fourth-order valence-corrected chi connectivity index (χ4v) is 4.00. The van der Waals surface area contributed by atoms with E-state index in [4.69, 9.17) is 9.47 Å². The molecule has 0 spiro atoms. The summed E-state index contributed by atoms with van der Waals surface area (Å²) in [7, 11) is 0. The molecule has 0 saturated carbocycles. The van der Waals surface area contributed by atoms with E-state index in [-0.39, 0.29) is 49.2 Å². The lowest BCUT2D eigenvalue weighted by atomic mass is 10.0. The van der Waals surface area contributed by atoms with Crippen LogP contribution >= 0.6 is 0 Å². The molecule has 3 aromatic rings. The summed E-state index contributed by atoms with van der Waals surface area (Å²) in [6.07, 6.45) is 1.00. The quantitative estimate of drug-likeness (QED) is 0.595. The number of carbonyl (C=O) groups is 1.